The van der Waals surface area contributed by atoms with Gasteiger partial charge in [-0.25, -0.2) is 17.8 Å². The van der Waals surface area contributed by atoms with Crippen molar-refractivity contribution in [3.05, 3.63) is 87.7 Å². The highest BCUT2D eigenvalue weighted by atomic mass is 35.5. The molecule has 3 aromatic rings. The van der Waals surface area contributed by atoms with Crippen LogP contribution >= 0.6 is 23.2 Å². The second-order valence-electron chi connectivity index (χ2n) is 6.01. The van der Waals surface area contributed by atoms with Crippen LogP contribution in [0.15, 0.2) is 54.9 Å². The van der Waals surface area contributed by atoms with Crippen LogP contribution in [-0.4, -0.2) is 18.0 Å². The number of rotatable bonds is 6. The molecule has 27 heavy (non-hydrogen) atoms. The van der Waals surface area contributed by atoms with Gasteiger partial charge < -0.3 is 4.57 Å². The number of aryl methyl sites for hydroxylation is 1. The SMILES string of the molecule is Cn1ccnc1C(NS(=O)(=O)Cc1ccc(Cl)c(Cl)c1)c1ccc(F)cc1. The summed E-state index contributed by atoms with van der Waals surface area (Å²) >= 11 is 11.8. The molecule has 0 aliphatic carbocycles. The van der Waals surface area contributed by atoms with Gasteiger partial charge in [-0.1, -0.05) is 41.4 Å². The van der Waals surface area contributed by atoms with Crippen LogP contribution in [0.1, 0.15) is 23.0 Å². The van der Waals surface area contributed by atoms with Crippen LogP contribution in [-0.2, 0) is 22.8 Å². The summed E-state index contributed by atoms with van der Waals surface area (Å²) in [4.78, 5) is 4.24. The summed E-state index contributed by atoms with van der Waals surface area (Å²) < 4.78 is 43.1. The third kappa shape index (κ3) is 4.87. The van der Waals surface area contributed by atoms with Crippen molar-refractivity contribution in [3.8, 4) is 0 Å². The molecule has 1 N–H and O–H groups in total. The number of aromatic nitrogens is 2. The van der Waals surface area contributed by atoms with Gasteiger partial charge in [0, 0.05) is 19.4 Å². The van der Waals surface area contributed by atoms with Crippen LogP contribution in [0, 0.1) is 5.82 Å². The summed E-state index contributed by atoms with van der Waals surface area (Å²) in [6.07, 6.45) is 3.28. The monoisotopic (exact) mass is 427 g/mol. The standard InChI is InChI=1S/C18H16Cl2FN3O2S/c1-24-9-8-22-18(24)17(13-3-5-14(21)6-4-13)23-27(25,26)11-12-2-7-15(19)16(20)10-12/h2-10,17,23H,11H2,1H3. The summed E-state index contributed by atoms with van der Waals surface area (Å²) in [5.41, 5.74) is 1.07. The molecule has 0 spiro atoms. The van der Waals surface area contributed by atoms with Gasteiger partial charge in [-0.15, -0.1) is 0 Å². The van der Waals surface area contributed by atoms with Gasteiger partial charge in [-0.2, -0.15) is 4.72 Å². The molecule has 0 saturated carbocycles. The van der Waals surface area contributed by atoms with E-state index in [1.807, 2.05) is 0 Å². The molecule has 5 nitrogen and oxygen atoms in total. The quantitative estimate of drug-likeness (QED) is 0.644. The van der Waals surface area contributed by atoms with E-state index in [1.165, 1.54) is 30.3 Å². The molecule has 3 rings (SSSR count). The first kappa shape index (κ1) is 19.8. The molecule has 1 unspecified atom stereocenters. The Balaban J connectivity index is 1.92. The predicted molar refractivity (Wildman–Crippen MR) is 104 cm³/mol. The average molecular weight is 428 g/mol. The summed E-state index contributed by atoms with van der Waals surface area (Å²) in [6, 6.07) is 9.49. The Labute approximate surface area is 166 Å². The van der Waals surface area contributed by atoms with Gasteiger partial charge in [0.15, 0.2) is 0 Å². The van der Waals surface area contributed by atoms with Gasteiger partial charge in [0.25, 0.3) is 0 Å². The predicted octanol–water partition coefficient (Wildman–Crippen LogP) is 4.08. The molecule has 0 fully saturated rings. The number of benzene rings is 2. The normalized spacial score (nSPS) is 12.9. The maximum absolute atomic E-state index is 13.3. The van der Waals surface area contributed by atoms with Crippen LogP contribution in [0.2, 0.25) is 10.0 Å². The molecule has 142 valence electrons. The lowest BCUT2D eigenvalue weighted by Crippen LogP contribution is -2.32. The zero-order valence-electron chi connectivity index (χ0n) is 14.2. The largest absolute Gasteiger partial charge is 0.336 e. The van der Waals surface area contributed by atoms with Crippen molar-refractivity contribution in [2.45, 2.75) is 11.8 Å². The van der Waals surface area contributed by atoms with Crippen molar-refractivity contribution in [1.82, 2.24) is 14.3 Å². The Bertz CT molecular complexity index is 1050. The minimum absolute atomic E-state index is 0.281. The first-order chi connectivity index (χ1) is 12.7. The number of halogens is 3. The Morgan fingerprint density at radius 1 is 1.15 bits per heavy atom. The molecule has 0 radical (unpaired) electrons. The summed E-state index contributed by atoms with van der Waals surface area (Å²) in [6.45, 7) is 0. The van der Waals surface area contributed by atoms with E-state index in [2.05, 4.69) is 9.71 Å². The summed E-state index contributed by atoms with van der Waals surface area (Å²) in [7, 11) is -2.01. The Morgan fingerprint density at radius 2 is 1.85 bits per heavy atom. The lowest BCUT2D eigenvalue weighted by Gasteiger charge is -2.19. The van der Waals surface area contributed by atoms with E-state index in [0.29, 0.717) is 22.0 Å². The van der Waals surface area contributed by atoms with E-state index in [1.54, 1.807) is 36.1 Å². The third-order valence-electron chi connectivity index (χ3n) is 3.96. The highest BCUT2D eigenvalue weighted by Crippen LogP contribution is 2.25. The van der Waals surface area contributed by atoms with Gasteiger partial charge >= 0.3 is 0 Å². The minimum Gasteiger partial charge on any atom is -0.336 e. The zero-order valence-corrected chi connectivity index (χ0v) is 16.6. The van der Waals surface area contributed by atoms with Gasteiger partial charge in [-0.3, -0.25) is 0 Å². The average Bonchev–Trinajstić information content (AvgIpc) is 3.02. The Morgan fingerprint density at radius 3 is 2.44 bits per heavy atom. The van der Waals surface area contributed by atoms with Crippen LogP contribution in [0.4, 0.5) is 4.39 Å². The minimum atomic E-state index is -3.76. The highest BCUT2D eigenvalue weighted by Gasteiger charge is 2.25. The van der Waals surface area contributed by atoms with Gasteiger partial charge in [0.1, 0.15) is 17.7 Å². The summed E-state index contributed by atoms with van der Waals surface area (Å²) in [5, 5.41) is 0.631. The number of sulfonamides is 1. The molecule has 1 aromatic heterocycles. The first-order valence-electron chi connectivity index (χ1n) is 7.92. The molecule has 0 saturated heterocycles. The summed E-state index contributed by atoms with van der Waals surface area (Å²) in [5.74, 6) is -0.207. The number of nitrogens with one attached hydrogen (secondary N) is 1. The first-order valence-corrected chi connectivity index (χ1v) is 10.3. The van der Waals surface area contributed by atoms with Gasteiger partial charge in [0.2, 0.25) is 10.0 Å². The second kappa shape index (κ2) is 7.98. The second-order valence-corrected chi connectivity index (χ2v) is 8.57. The fourth-order valence-electron chi connectivity index (χ4n) is 2.65. The molecular weight excluding hydrogens is 412 g/mol. The van der Waals surface area contributed by atoms with E-state index in [4.69, 9.17) is 23.2 Å². The number of imidazole rings is 1. The van der Waals surface area contributed by atoms with Crippen LogP contribution in [0.3, 0.4) is 0 Å². The van der Waals surface area contributed by atoms with Crippen LogP contribution in [0.5, 0.6) is 0 Å². The van der Waals surface area contributed by atoms with Gasteiger partial charge in [0.05, 0.1) is 15.8 Å². The maximum Gasteiger partial charge on any atom is 0.216 e. The molecule has 0 aliphatic rings. The van der Waals surface area contributed by atoms with Crippen LogP contribution in [0.25, 0.3) is 0 Å². The Hall–Kier alpha value is -1.93. The van der Waals surface area contributed by atoms with Crippen LogP contribution < -0.4 is 4.72 Å². The molecule has 0 aliphatic heterocycles. The molecule has 0 bridgehead atoms. The van der Waals surface area contributed by atoms with Crippen molar-refractivity contribution < 1.29 is 12.8 Å². The molecule has 0 amide bonds. The molecule has 9 heteroatoms. The fraction of sp³-hybridized carbons (Fsp3) is 0.167. The number of nitrogens with zero attached hydrogens (tertiary/aromatic N) is 2. The van der Waals surface area contributed by atoms with Gasteiger partial charge in [-0.05, 0) is 35.4 Å². The molecular formula is C18H16Cl2FN3O2S. The zero-order chi connectivity index (χ0) is 19.6. The highest BCUT2D eigenvalue weighted by molar-refractivity contribution is 7.88. The third-order valence-corrected chi connectivity index (χ3v) is 6.01. The molecule has 1 heterocycles. The van der Waals surface area contributed by atoms with E-state index >= 15 is 0 Å². The van der Waals surface area contributed by atoms with E-state index < -0.39 is 21.9 Å². The topological polar surface area (TPSA) is 64.0 Å². The maximum atomic E-state index is 13.3. The Kier molecular flexibility index (Phi) is 5.86. The molecule has 1 atom stereocenters. The fourth-order valence-corrected chi connectivity index (χ4v) is 4.27. The number of hydrogen-bond donors (Lipinski definition) is 1. The van der Waals surface area contributed by atoms with E-state index in [-0.39, 0.29) is 10.8 Å². The molecule has 2 aromatic carbocycles. The van der Waals surface area contributed by atoms with E-state index in [9.17, 15) is 12.8 Å². The smallest absolute Gasteiger partial charge is 0.216 e. The van der Waals surface area contributed by atoms with Crippen molar-refractivity contribution in [2.75, 3.05) is 0 Å². The van der Waals surface area contributed by atoms with Crippen molar-refractivity contribution >= 4 is 33.2 Å². The van der Waals surface area contributed by atoms with Crippen molar-refractivity contribution in [2.24, 2.45) is 7.05 Å². The van der Waals surface area contributed by atoms with Crippen molar-refractivity contribution in [1.29, 1.82) is 0 Å². The number of hydrogen-bond acceptors (Lipinski definition) is 3. The van der Waals surface area contributed by atoms with E-state index in [0.717, 1.165) is 0 Å². The lowest BCUT2D eigenvalue weighted by molar-refractivity contribution is 0.561. The van der Waals surface area contributed by atoms with Crippen molar-refractivity contribution in [3.63, 3.8) is 0 Å². The lowest BCUT2D eigenvalue weighted by atomic mass is 10.1.